The fraction of sp³-hybridized carbons (Fsp3) is 0.176. The summed E-state index contributed by atoms with van der Waals surface area (Å²) in [5, 5.41) is 5.56. The Labute approximate surface area is 258 Å². The van der Waals surface area contributed by atoms with Gasteiger partial charge < -0.3 is 24.8 Å². The first-order valence-corrected chi connectivity index (χ1v) is 14.7. The van der Waals surface area contributed by atoms with E-state index in [4.69, 9.17) is 14.2 Å². The van der Waals surface area contributed by atoms with Gasteiger partial charge in [-0.05, 0) is 35.4 Å². The largest absolute Gasteiger partial charge is 0.467 e. The van der Waals surface area contributed by atoms with Crippen molar-refractivity contribution in [2.75, 3.05) is 14.2 Å². The normalized spacial score (nSPS) is 12.8. The lowest BCUT2D eigenvalue weighted by molar-refractivity contribution is -0.143. The summed E-state index contributed by atoms with van der Waals surface area (Å²) in [5.41, 5.74) is 2.09. The van der Waals surface area contributed by atoms with Crippen LogP contribution < -0.4 is 15.4 Å². The molecule has 0 spiro atoms. The number of carbonyl (C=O) groups is 4. The summed E-state index contributed by atoms with van der Waals surface area (Å²) < 4.78 is 16.2. The van der Waals surface area contributed by atoms with Crippen LogP contribution in [0, 0.1) is 0 Å². The molecule has 1 aliphatic heterocycles. The summed E-state index contributed by atoms with van der Waals surface area (Å²) in [7, 11) is 2.54. The van der Waals surface area contributed by atoms with Crippen LogP contribution in [0.4, 0.5) is 0 Å². The number of fused-ring (bicyclic) bond motifs is 2. The molecule has 0 fully saturated rings. The number of ether oxygens (including phenoxy) is 3. The van der Waals surface area contributed by atoms with Crippen LogP contribution in [-0.4, -0.2) is 50.1 Å². The fourth-order valence-corrected chi connectivity index (χ4v) is 5.84. The Morgan fingerprint density at radius 1 is 0.614 bits per heavy atom. The number of carbonyl (C=O) groups excluding carboxylic acids is 4. The second-order valence-electron chi connectivity index (χ2n) is 9.95. The Morgan fingerprint density at radius 2 is 1.02 bits per heavy atom. The fourth-order valence-electron chi connectivity index (χ4n) is 4.82. The molecule has 0 bridgehead atoms. The lowest BCUT2D eigenvalue weighted by Crippen LogP contribution is -2.43. The molecule has 2 atom stereocenters. The second kappa shape index (κ2) is 13.9. The zero-order valence-corrected chi connectivity index (χ0v) is 24.9. The molecule has 10 heteroatoms. The van der Waals surface area contributed by atoms with Crippen LogP contribution in [0.2, 0.25) is 0 Å². The molecule has 5 rings (SSSR count). The van der Waals surface area contributed by atoms with E-state index in [9.17, 15) is 19.2 Å². The van der Waals surface area contributed by atoms with Crippen molar-refractivity contribution in [1.82, 2.24) is 10.6 Å². The van der Waals surface area contributed by atoms with Crippen molar-refractivity contribution < 1.29 is 33.4 Å². The highest BCUT2D eigenvalue weighted by Crippen LogP contribution is 2.49. The predicted molar refractivity (Wildman–Crippen MR) is 164 cm³/mol. The van der Waals surface area contributed by atoms with Gasteiger partial charge in [-0.25, -0.2) is 9.59 Å². The number of hydrogen-bond acceptors (Lipinski definition) is 8. The molecule has 4 aromatic rings. The molecule has 2 N–H and O–H groups in total. The molecule has 0 saturated carbocycles. The van der Waals surface area contributed by atoms with Crippen LogP contribution in [0.5, 0.6) is 11.5 Å². The van der Waals surface area contributed by atoms with Gasteiger partial charge in [0.15, 0.2) is 11.5 Å². The van der Waals surface area contributed by atoms with Crippen molar-refractivity contribution in [1.29, 1.82) is 0 Å². The van der Waals surface area contributed by atoms with Gasteiger partial charge in [-0.15, -0.1) is 0 Å². The Balaban J connectivity index is 1.39. The minimum absolute atomic E-state index is 0.189. The van der Waals surface area contributed by atoms with Gasteiger partial charge in [0.1, 0.15) is 12.1 Å². The van der Waals surface area contributed by atoms with Crippen molar-refractivity contribution >= 4 is 35.5 Å². The molecular formula is C34H30N2O7S. The Bertz CT molecular complexity index is 1560. The molecule has 0 saturated heterocycles. The minimum Gasteiger partial charge on any atom is -0.467 e. The quantitative estimate of drug-likeness (QED) is 0.213. The van der Waals surface area contributed by atoms with Gasteiger partial charge in [0, 0.05) is 12.8 Å². The van der Waals surface area contributed by atoms with Gasteiger partial charge in [0.2, 0.25) is 0 Å². The number of nitrogens with one attached hydrogen (secondary N) is 2. The maximum absolute atomic E-state index is 13.6. The van der Waals surface area contributed by atoms with E-state index in [1.807, 2.05) is 60.7 Å². The lowest BCUT2D eigenvalue weighted by Gasteiger charge is -2.25. The van der Waals surface area contributed by atoms with Crippen molar-refractivity contribution in [2.45, 2.75) is 34.7 Å². The number of methoxy groups -OCH3 is 2. The second-order valence-corrected chi connectivity index (χ2v) is 11.0. The Kier molecular flexibility index (Phi) is 9.61. The first kappa shape index (κ1) is 30.4. The third-order valence-electron chi connectivity index (χ3n) is 7.02. The van der Waals surface area contributed by atoms with E-state index >= 15 is 0 Å². The SMILES string of the molecule is COC(=O)C(Cc1ccccc1)NC(=O)c1cccc2c1Oc1c(cccc1C(=O)NC(Cc1ccccc1)C(=O)OC)S2. The zero-order valence-electron chi connectivity index (χ0n) is 24.1. The molecule has 2 amide bonds. The summed E-state index contributed by atoms with van der Waals surface area (Å²) in [6.45, 7) is 0. The molecule has 224 valence electrons. The van der Waals surface area contributed by atoms with Crippen LogP contribution in [0.15, 0.2) is 107 Å². The van der Waals surface area contributed by atoms with E-state index in [-0.39, 0.29) is 35.5 Å². The van der Waals surface area contributed by atoms with Crippen LogP contribution in [0.1, 0.15) is 31.8 Å². The number of hydrogen-bond donors (Lipinski definition) is 2. The molecule has 44 heavy (non-hydrogen) atoms. The smallest absolute Gasteiger partial charge is 0.328 e. The molecule has 4 aromatic carbocycles. The predicted octanol–water partition coefficient (Wildman–Crippen LogP) is 4.97. The first-order valence-electron chi connectivity index (χ1n) is 13.8. The van der Waals surface area contributed by atoms with Gasteiger partial charge in [-0.1, -0.05) is 84.6 Å². The van der Waals surface area contributed by atoms with Gasteiger partial charge in [-0.2, -0.15) is 0 Å². The number of rotatable bonds is 10. The molecule has 0 radical (unpaired) electrons. The number of esters is 2. The molecule has 1 heterocycles. The molecule has 0 aliphatic carbocycles. The summed E-state index contributed by atoms with van der Waals surface area (Å²) in [5.74, 6) is -1.73. The van der Waals surface area contributed by atoms with Gasteiger partial charge in [-0.3, -0.25) is 9.59 Å². The minimum atomic E-state index is -0.935. The molecule has 1 aliphatic rings. The van der Waals surface area contributed by atoms with Crippen LogP contribution >= 0.6 is 11.8 Å². The highest BCUT2D eigenvalue weighted by Gasteiger charge is 2.31. The zero-order chi connectivity index (χ0) is 31.1. The summed E-state index contributed by atoms with van der Waals surface area (Å²) in [6, 6.07) is 27.0. The van der Waals surface area contributed by atoms with E-state index in [0.29, 0.717) is 9.79 Å². The van der Waals surface area contributed by atoms with Crippen molar-refractivity contribution in [3.8, 4) is 11.5 Å². The molecule has 2 unspecified atom stereocenters. The van der Waals surface area contributed by atoms with Crippen molar-refractivity contribution in [2.24, 2.45) is 0 Å². The maximum atomic E-state index is 13.6. The van der Waals surface area contributed by atoms with Gasteiger partial charge in [0.05, 0.1) is 35.1 Å². The number of para-hydroxylation sites is 2. The van der Waals surface area contributed by atoms with E-state index in [2.05, 4.69) is 10.6 Å². The maximum Gasteiger partial charge on any atom is 0.328 e. The number of benzene rings is 4. The van der Waals surface area contributed by atoms with Gasteiger partial charge in [0.25, 0.3) is 11.8 Å². The van der Waals surface area contributed by atoms with Crippen molar-refractivity contribution in [3.05, 3.63) is 119 Å². The average Bonchev–Trinajstić information content (AvgIpc) is 3.06. The monoisotopic (exact) mass is 610 g/mol. The van der Waals surface area contributed by atoms with Crippen LogP contribution in [-0.2, 0) is 31.9 Å². The van der Waals surface area contributed by atoms with E-state index < -0.39 is 35.8 Å². The van der Waals surface area contributed by atoms with Crippen LogP contribution in [0.25, 0.3) is 0 Å². The molecular weight excluding hydrogens is 580 g/mol. The third kappa shape index (κ3) is 6.92. The van der Waals surface area contributed by atoms with Crippen LogP contribution in [0.3, 0.4) is 0 Å². The van der Waals surface area contributed by atoms with Crippen molar-refractivity contribution in [3.63, 3.8) is 0 Å². The summed E-state index contributed by atoms with van der Waals surface area (Å²) in [6.07, 6.45) is 0.475. The standard InChI is InChI=1S/C34H30N2O7S/c1-41-33(39)25(19-21-11-5-3-6-12-21)35-31(37)23-15-9-17-27-29(23)43-30-24(16-10-18-28(30)44-27)32(38)36-26(34(40)42-2)20-22-13-7-4-8-14-22/h3-18,25-26H,19-20H2,1-2H3,(H,35,37)(H,36,38). The Morgan fingerprint density at radius 3 is 1.41 bits per heavy atom. The van der Waals surface area contributed by atoms with E-state index in [1.54, 1.807) is 36.4 Å². The molecule has 0 aromatic heterocycles. The topological polar surface area (TPSA) is 120 Å². The Hall–Kier alpha value is -5.09. The highest BCUT2D eigenvalue weighted by molar-refractivity contribution is 7.99. The third-order valence-corrected chi connectivity index (χ3v) is 8.10. The first-order chi connectivity index (χ1) is 21.4. The van der Waals surface area contributed by atoms with E-state index in [1.165, 1.54) is 26.0 Å². The highest BCUT2D eigenvalue weighted by atomic mass is 32.2. The average molecular weight is 611 g/mol. The summed E-state index contributed by atoms with van der Waals surface area (Å²) >= 11 is 1.34. The number of amides is 2. The van der Waals surface area contributed by atoms with Gasteiger partial charge >= 0.3 is 11.9 Å². The van der Waals surface area contributed by atoms with E-state index in [0.717, 1.165) is 11.1 Å². The summed E-state index contributed by atoms with van der Waals surface area (Å²) in [4.78, 5) is 53.6. The lowest BCUT2D eigenvalue weighted by atomic mass is 10.0. The molecule has 9 nitrogen and oxygen atoms in total.